The van der Waals surface area contributed by atoms with Crippen LogP contribution in [0.15, 0.2) is 83.5 Å². The molecule has 2 amide bonds. The number of carbonyl (C=O) groups excluding carboxylic acids is 2. The van der Waals surface area contributed by atoms with E-state index in [0.29, 0.717) is 13.0 Å². The van der Waals surface area contributed by atoms with E-state index in [0.717, 1.165) is 36.8 Å². The van der Waals surface area contributed by atoms with Gasteiger partial charge in [-0.2, -0.15) is 0 Å². The first-order valence-corrected chi connectivity index (χ1v) is 11.5. The summed E-state index contributed by atoms with van der Waals surface area (Å²) in [5, 5.41) is 3.23. The summed E-state index contributed by atoms with van der Waals surface area (Å²) in [6.07, 6.45) is 7.59. The van der Waals surface area contributed by atoms with E-state index >= 15 is 0 Å². The summed E-state index contributed by atoms with van der Waals surface area (Å²) >= 11 is 0. The van der Waals surface area contributed by atoms with Crippen LogP contribution in [0.1, 0.15) is 59.8 Å². The molecule has 2 aromatic carbocycles. The van der Waals surface area contributed by atoms with E-state index < -0.39 is 6.04 Å². The topological polar surface area (TPSA) is 62.6 Å². The molecule has 1 aliphatic rings. The minimum Gasteiger partial charge on any atom is -0.459 e. The van der Waals surface area contributed by atoms with Crippen LogP contribution in [0.2, 0.25) is 0 Å². The van der Waals surface area contributed by atoms with Crippen molar-refractivity contribution >= 4 is 11.8 Å². The maximum atomic E-state index is 13.6. The third kappa shape index (κ3) is 5.47. The van der Waals surface area contributed by atoms with Crippen molar-refractivity contribution in [2.75, 3.05) is 6.54 Å². The van der Waals surface area contributed by atoms with Gasteiger partial charge in [-0.25, -0.2) is 0 Å². The highest BCUT2D eigenvalue weighted by Crippen LogP contribution is 2.26. The van der Waals surface area contributed by atoms with Crippen LogP contribution in [-0.2, 0) is 11.2 Å². The molecule has 1 atom stereocenters. The van der Waals surface area contributed by atoms with E-state index in [1.165, 1.54) is 12.7 Å². The summed E-state index contributed by atoms with van der Waals surface area (Å²) in [5.74, 6) is -0.167. The maximum Gasteiger partial charge on any atom is 0.290 e. The zero-order chi connectivity index (χ0) is 22.2. The second-order valence-corrected chi connectivity index (χ2v) is 8.37. The Morgan fingerprint density at radius 1 is 0.906 bits per heavy atom. The summed E-state index contributed by atoms with van der Waals surface area (Å²) in [5.41, 5.74) is 1.91. The summed E-state index contributed by atoms with van der Waals surface area (Å²) < 4.78 is 5.42. The van der Waals surface area contributed by atoms with Gasteiger partial charge >= 0.3 is 0 Å². The van der Waals surface area contributed by atoms with Crippen molar-refractivity contribution in [2.24, 2.45) is 0 Å². The van der Waals surface area contributed by atoms with Gasteiger partial charge in [0, 0.05) is 12.6 Å². The molecule has 3 aromatic rings. The van der Waals surface area contributed by atoms with Crippen molar-refractivity contribution < 1.29 is 14.0 Å². The Balaban J connectivity index is 1.64. The van der Waals surface area contributed by atoms with Gasteiger partial charge in [0.15, 0.2) is 5.76 Å². The predicted octanol–water partition coefficient (Wildman–Crippen LogP) is 5.15. The smallest absolute Gasteiger partial charge is 0.290 e. The summed E-state index contributed by atoms with van der Waals surface area (Å²) in [6.45, 7) is 0.404. The molecule has 0 bridgehead atoms. The largest absolute Gasteiger partial charge is 0.459 e. The number of furan rings is 1. The molecule has 1 unspecified atom stereocenters. The van der Waals surface area contributed by atoms with Crippen molar-refractivity contribution in [3.8, 4) is 0 Å². The van der Waals surface area contributed by atoms with Crippen LogP contribution in [-0.4, -0.2) is 29.3 Å². The Kier molecular flexibility index (Phi) is 7.38. The van der Waals surface area contributed by atoms with Crippen LogP contribution < -0.4 is 5.32 Å². The number of amides is 2. The number of hydrogen-bond donors (Lipinski definition) is 1. The van der Waals surface area contributed by atoms with Gasteiger partial charge in [-0.3, -0.25) is 9.59 Å². The molecule has 1 fully saturated rings. The minimum absolute atomic E-state index is 0.129. The highest BCUT2D eigenvalue weighted by atomic mass is 16.3. The van der Waals surface area contributed by atoms with Crippen molar-refractivity contribution in [2.45, 2.75) is 50.6 Å². The average Bonchev–Trinajstić information content (AvgIpc) is 3.38. The van der Waals surface area contributed by atoms with E-state index in [2.05, 4.69) is 5.32 Å². The molecule has 0 saturated heterocycles. The molecule has 166 valence electrons. The van der Waals surface area contributed by atoms with Crippen molar-refractivity contribution in [3.63, 3.8) is 0 Å². The Morgan fingerprint density at radius 3 is 2.25 bits per heavy atom. The fourth-order valence-corrected chi connectivity index (χ4v) is 4.42. The van der Waals surface area contributed by atoms with Gasteiger partial charge in [-0.05, 0) is 42.5 Å². The van der Waals surface area contributed by atoms with Crippen LogP contribution in [0.3, 0.4) is 0 Å². The van der Waals surface area contributed by atoms with E-state index in [4.69, 9.17) is 4.42 Å². The lowest BCUT2D eigenvalue weighted by atomic mass is 9.94. The van der Waals surface area contributed by atoms with Gasteiger partial charge in [0.1, 0.15) is 6.04 Å². The van der Waals surface area contributed by atoms with Crippen LogP contribution in [0.25, 0.3) is 0 Å². The van der Waals surface area contributed by atoms with Gasteiger partial charge in [-0.1, -0.05) is 79.9 Å². The Labute approximate surface area is 189 Å². The van der Waals surface area contributed by atoms with Gasteiger partial charge in [0.05, 0.1) is 6.26 Å². The summed E-state index contributed by atoms with van der Waals surface area (Å²) in [6, 6.07) is 22.4. The molecule has 1 N–H and O–H groups in total. The first kappa shape index (κ1) is 21.9. The number of carbonyl (C=O) groups is 2. The third-order valence-electron chi connectivity index (χ3n) is 6.10. The molecular formula is C27H30N2O3. The third-order valence-corrected chi connectivity index (χ3v) is 6.10. The highest BCUT2D eigenvalue weighted by Gasteiger charge is 2.34. The fourth-order valence-electron chi connectivity index (χ4n) is 4.42. The molecule has 0 spiro atoms. The monoisotopic (exact) mass is 430 g/mol. The standard InChI is InChI=1S/C27H30N2O3/c30-26(28-23-15-8-3-9-16-23)25(22-13-6-2-7-14-22)29(27(31)24-17-10-20-32-24)19-18-21-11-4-1-5-12-21/h1-2,4-7,10-14,17,20,23,25H,3,8-9,15-16,18-19H2,(H,28,30). The number of nitrogens with zero attached hydrogens (tertiary/aromatic N) is 1. The van der Waals surface area contributed by atoms with Crippen LogP contribution in [0, 0.1) is 0 Å². The van der Waals surface area contributed by atoms with Crippen LogP contribution in [0.5, 0.6) is 0 Å². The number of hydrogen-bond acceptors (Lipinski definition) is 3. The molecule has 32 heavy (non-hydrogen) atoms. The Hall–Kier alpha value is -3.34. The van der Waals surface area contributed by atoms with E-state index in [1.54, 1.807) is 17.0 Å². The summed E-state index contributed by atoms with van der Waals surface area (Å²) in [4.78, 5) is 28.7. The second kappa shape index (κ2) is 10.8. The van der Waals surface area contributed by atoms with Gasteiger partial charge in [0.2, 0.25) is 5.91 Å². The van der Waals surface area contributed by atoms with Crippen molar-refractivity contribution in [1.29, 1.82) is 0 Å². The van der Waals surface area contributed by atoms with Crippen molar-refractivity contribution in [1.82, 2.24) is 10.2 Å². The van der Waals surface area contributed by atoms with Gasteiger partial charge in [0.25, 0.3) is 5.91 Å². The molecule has 0 radical (unpaired) electrons. The molecular weight excluding hydrogens is 400 g/mol. The summed E-state index contributed by atoms with van der Waals surface area (Å²) in [7, 11) is 0. The normalized spacial score (nSPS) is 15.1. The zero-order valence-corrected chi connectivity index (χ0v) is 18.3. The lowest BCUT2D eigenvalue weighted by molar-refractivity contribution is -0.126. The van der Waals surface area contributed by atoms with Crippen LogP contribution in [0.4, 0.5) is 0 Å². The van der Waals surface area contributed by atoms with E-state index in [1.807, 2.05) is 60.7 Å². The number of rotatable bonds is 8. The second-order valence-electron chi connectivity index (χ2n) is 8.37. The first-order chi connectivity index (χ1) is 15.7. The molecule has 0 aliphatic heterocycles. The van der Waals surface area contributed by atoms with Gasteiger partial charge < -0.3 is 14.6 Å². The number of benzene rings is 2. The fraction of sp³-hybridized carbons (Fsp3) is 0.333. The van der Waals surface area contributed by atoms with Crippen LogP contribution >= 0.6 is 0 Å². The predicted molar refractivity (Wildman–Crippen MR) is 124 cm³/mol. The lowest BCUT2D eigenvalue weighted by Gasteiger charge is -2.33. The molecule has 1 aliphatic carbocycles. The number of nitrogens with one attached hydrogen (secondary N) is 1. The maximum absolute atomic E-state index is 13.6. The molecule has 1 aromatic heterocycles. The molecule has 1 heterocycles. The van der Waals surface area contributed by atoms with Gasteiger partial charge in [-0.15, -0.1) is 0 Å². The minimum atomic E-state index is -0.723. The Morgan fingerprint density at radius 2 is 1.59 bits per heavy atom. The molecule has 1 saturated carbocycles. The Bertz CT molecular complexity index is 980. The average molecular weight is 431 g/mol. The quantitative estimate of drug-likeness (QED) is 0.537. The highest BCUT2D eigenvalue weighted by molar-refractivity contribution is 5.96. The molecule has 5 nitrogen and oxygen atoms in total. The van der Waals surface area contributed by atoms with Crippen molar-refractivity contribution in [3.05, 3.63) is 95.9 Å². The molecule has 5 heteroatoms. The van der Waals surface area contributed by atoms with E-state index in [-0.39, 0.29) is 23.6 Å². The molecule has 4 rings (SSSR count). The first-order valence-electron chi connectivity index (χ1n) is 11.5. The van der Waals surface area contributed by atoms with E-state index in [9.17, 15) is 9.59 Å². The SMILES string of the molecule is O=C(NC1CCCCC1)C(c1ccccc1)N(CCc1ccccc1)C(=O)c1ccco1. The lowest BCUT2D eigenvalue weighted by Crippen LogP contribution is -2.47. The zero-order valence-electron chi connectivity index (χ0n) is 18.3.